The van der Waals surface area contributed by atoms with Crippen LogP contribution in [0.2, 0.25) is 0 Å². The van der Waals surface area contributed by atoms with Crippen LogP contribution in [0.1, 0.15) is 19.7 Å². The lowest BCUT2D eigenvalue weighted by Crippen LogP contribution is -2.46. The van der Waals surface area contributed by atoms with Gasteiger partial charge in [0.05, 0.1) is 36.5 Å². The second-order valence-electron chi connectivity index (χ2n) is 7.98. The summed E-state index contributed by atoms with van der Waals surface area (Å²) in [6.07, 6.45) is 0.244. The van der Waals surface area contributed by atoms with Gasteiger partial charge in [0, 0.05) is 26.2 Å². The molecular formula is C21H27N7O2. The highest BCUT2D eigenvalue weighted by Gasteiger charge is 2.27. The Kier molecular flexibility index (Phi) is 5.00. The number of aromatic nitrogens is 5. The van der Waals surface area contributed by atoms with Crippen LogP contribution in [0.4, 0.5) is 11.9 Å². The number of morpholine rings is 2. The first-order valence-electron chi connectivity index (χ1n) is 10.5. The molecule has 30 heavy (non-hydrogen) atoms. The Morgan fingerprint density at radius 2 is 1.47 bits per heavy atom. The van der Waals surface area contributed by atoms with Crippen LogP contribution < -0.4 is 9.80 Å². The third-order valence-corrected chi connectivity index (χ3v) is 5.52. The molecule has 2 aliphatic rings. The van der Waals surface area contributed by atoms with Crippen molar-refractivity contribution < 1.29 is 9.47 Å². The van der Waals surface area contributed by atoms with Gasteiger partial charge in [-0.3, -0.25) is 4.57 Å². The van der Waals surface area contributed by atoms with Gasteiger partial charge in [0.1, 0.15) is 5.82 Å². The minimum absolute atomic E-state index is 0.122. The predicted molar refractivity (Wildman–Crippen MR) is 114 cm³/mol. The van der Waals surface area contributed by atoms with E-state index < -0.39 is 0 Å². The van der Waals surface area contributed by atoms with E-state index in [1.54, 1.807) is 0 Å². The molecule has 2 aliphatic heterocycles. The SMILES string of the molecule is Cc1nc2ccccc2n1-c1nc(N2CCOCC2)nc(N2CC(C)OC(C)C2)n1. The average molecular weight is 409 g/mol. The van der Waals surface area contributed by atoms with Gasteiger partial charge in [0.15, 0.2) is 0 Å². The molecule has 0 radical (unpaired) electrons. The Labute approximate surface area is 175 Å². The minimum atomic E-state index is 0.122. The van der Waals surface area contributed by atoms with E-state index in [1.165, 1.54) is 0 Å². The number of aryl methyl sites for hydroxylation is 1. The molecule has 0 bridgehead atoms. The summed E-state index contributed by atoms with van der Waals surface area (Å²) in [6.45, 7) is 10.5. The maximum absolute atomic E-state index is 5.91. The molecule has 158 valence electrons. The van der Waals surface area contributed by atoms with Crippen LogP contribution in [-0.4, -0.2) is 76.1 Å². The molecule has 9 heteroatoms. The van der Waals surface area contributed by atoms with Gasteiger partial charge in [-0.1, -0.05) is 12.1 Å². The van der Waals surface area contributed by atoms with Crippen molar-refractivity contribution in [3.05, 3.63) is 30.1 Å². The molecule has 2 atom stereocenters. The lowest BCUT2D eigenvalue weighted by Gasteiger charge is -2.36. The number of benzene rings is 1. The van der Waals surface area contributed by atoms with E-state index in [2.05, 4.69) is 23.6 Å². The van der Waals surface area contributed by atoms with Crippen molar-refractivity contribution in [2.24, 2.45) is 0 Å². The molecule has 0 N–H and O–H groups in total. The van der Waals surface area contributed by atoms with Crippen molar-refractivity contribution >= 4 is 22.9 Å². The molecule has 0 aliphatic carbocycles. The molecule has 0 spiro atoms. The molecule has 5 rings (SSSR count). The van der Waals surface area contributed by atoms with Crippen LogP contribution in [0.25, 0.3) is 17.0 Å². The lowest BCUT2D eigenvalue weighted by atomic mass is 10.2. The number of hydrogen-bond donors (Lipinski definition) is 0. The Morgan fingerprint density at radius 3 is 2.20 bits per heavy atom. The van der Waals surface area contributed by atoms with Gasteiger partial charge in [-0.25, -0.2) is 4.98 Å². The first-order chi connectivity index (χ1) is 14.6. The van der Waals surface area contributed by atoms with Crippen LogP contribution in [0.15, 0.2) is 24.3 Å². The lowest BCUT2D eigenvalue weighted by molar-refractivity contribution is -0.00573. The van der Waals surface area contributed by atoms with Crippen molar-refractivity contribution in [1.29, 1.82) is 0 Å². The second-order valence-corrected chi connectivity index (χ2v) is 7.98. The van der Waals surface area contributed by atoms with Crippen molar-refractivity contribution in [2.75, 3.05) is 49.2 Å². The number of para-hydroxylation sites is 2. The number of fused-ring (bicyclic) bond motifs is 1. The van der Waals surface area contributed by atoms with Gasteiger partial charge in [-0.15, -0.1) is 0 Å². The highest BCUT2D eigenvalue weighted by atomic mass is 16.5. The second kappa shape index (κ2) is 7.81. The number of ether oxygens (including phenoxy) is 2. The summed E-state index contributed by atoms with van der Waals surface area (Å²) < 4.78 is 13.4. The number of imidazole rings is 1. The van der Waals surface area contributed by atoms with Gasteiger partial charge in [0.25, 0.3) is 0 Å². The highest BCUT2D eigenvalue weighted by Crippen LogP contribution is 2.24. The number of rotatable bonds is 3. The summed E-state index contributed by atoms with van der Waals surface area (Å²) in [7, 11) is 0. The summed E-state index contributed by atoms with van der Waals surface area (Å²) in [4.78, 5) is 23.7. The van der Waals surface area contributed by atoms with Crippen molar-refractivity contribution in [3.63, 3.8) is 0 Å². The molecular weight excluding hydrogens is 382 g/mol. The van der Waals surface area contributed by atoms with E-state index in [1.807, 2.05) is 35.8 Å². The fraction of sp³-hybridized carbons (Fsp3) is 0.524. The molecule has 1 aromatic carbocycles. The van der Waals surface area contributed by atoms with Gasteiger partial charge in [-0.05, 0) is 32.9 Å². The van der Waals surface area contributed by atoms with Crippen LogP contribution in [0, 0.1) is 6.92 Å². The first kappa shape index (κ1) is 19.2. The molecule has 2 saturated heterocycles. The smallest absolute Gasteiger partial charge is 0.242 e. The summed E-state index contributed by atoms with van der Waals surface area (Å²) >= 11 is 0. The highest BCUT2D eigenvalue weighted by molar-refractivity contribution is 5.77. The Hall–Kier alpha value is -2.78. The zero-order valence-electron chi connectivity index (χ0n) is 17.7. The van der Waals surface area contributed by atoms with E-state index in [0.29, 0.717) is 31.1 Å². The molecule has 2 aromatic heterocycles. The van der Waals surface area contributed by atoms with Crippen LogP contribution in [-0.2, 0) is 9.47 Å². The zero-order valence-corrected chi connectivity index (χ0v) is 17.7. The van der Waals surface area contributed by atoms with Crippen LogP contribution >= 0.6 is 0 Å². The van der Waals surface area contributed by atoms with Crippen molar-refractivity contribution in [1.82, 2.24) is 24.5 Å². The van der Waals surface area contributed by atoms with E-state index in [-0.39, 0.29) is 12.2 Å². The largest absolute Gasteiger partial charge is 0.378 e. The molecule has 2 fully saturated rings. The molecule has 3 aromatic rings. The number of hydrogen-bond acceptors (Lipinski definition) is 8. The van der Waals surface area contributed by atoms with Crippen LogP contribution in [0.3, 0.4) is 0 Å². The minimum Gasteiger partial charge on any atom is -0.378 e. The monoisotopic (exact) mass is 409 g/mol. The summed E-state index contributed by atoms with van der Waals surface area (Å²) in [5, 5.41) is 0. The maximum Gasteiger partial charge on any atom is 0.242 e. The zero-order chi connectivity index (χ0) is 20.7. The summed E-state index contributed by atoms with van der Waals surface area (Å²) in [5.74, 6) is 2.81. The van der Waals surface area contributed by atoms with E-state index in [0.717, 1.165) is 43.0 Å². The fourth-order valence-electron chi connectivity index (χ4n) is 4.23. The Morgan fingerprint density at radius 1 is 0.833 bits per heavy atom. The maximum atomic E-state index is 5.91. The Balaban J connectivity index is 1.63. The topological polar surface area (TPSA) is 81.4 Å². The first-order valence-corrected chi connectivity index (χ1v) is 10.5. The molecule has 2 unspecified atom stereocenters. The van der Waals surface area contributed by atoms with Gasteiger partial charge < -0.3 is 19.3 Å². The van der Waals surface area contributed by atoms with Gasteiger partial charge in [-0.2, -0.15) is 15.0 Å². The van der Waals surface area contributed by atoms with E-state index >= 15 is 0 Å². The van der Waals surface area contributed by atoms with Gasteiger partial charge in [0.2, 0.25) is 17.8 Å². The third kappa shape index (κ3) is 3.59. The van der Waals surface area contributed by atoms with Crippen molar-refractivity contribution in [3.8, 4) is 5.95 Å². The molecule has 0 saturated carbocycles. The average Bonchev–Trinajstić information content (AvgIpc) is 3.09. The standard InChI is InChI=1S/C21H27N7O2/c1-14-12-27(13-15(2)30-14)20-23-19(26-8-10-29-11-9-26)24-21(25-20)28-16(3)22-17-6-4-5-7-18(17)28/h4-7,14-15H,8-13H2,1-3H3. The van der Waals surface area contributed by atoms with Crippen LogP contribution in [0.5, 0.6) is 0 Å². The Bertz CT molecular complexity index is 1040. The third-order valence-electron chi connectivity index (χ3n) is 5.52. The molecule has 4 heterocycles. The normalized spacial score (nSPS) is 22.6. The number of anilines is 2. The summed E-state index contributed by atoms with van der Waals surface area (Å²) in [5.41, 5.74) is 1.92. The quantitative estimate of drug-likeness (QED) is 0.650. The van der Waals surface area contributed by atoms with E-state index in [9.17, 15) is 0 Å². The molecule has 9 nitrogen and oxygen atoms in total. The van der Waals surface area contributed by atoms with Crippen molar-refractivity contribution in [2.45, 2.75) is 33.0 Å². The predicted octanol–water partition coefficient (Wildman–Crippen LogP) is 1.97. The number of nitrogens with zero attached hydrogens (tertiary/aromatic N) is 7. The van der Waals surface area contributed by atoms with E-state index in [4.69, 9.17) is 29.4 Å². The summed E-state index contributed by atoms with van der Waals surface area (Å²) in [6, 6.07) is 8.06. The molecule has 0 amide bonds. The van der Waals surface area contributed by atoms with Gasteiger partial charge >= 0.3 is 0 Å². The fourth-order valence-corrected chi connectivity index (χ4v) is 4.23.